The highest BCUT2D eigenvalue weighted by Crippen LogP contribution is 2.15. The largest absolute Gasteiger partial charge is 0.347 e. The molecule has 4 amide bonds. The molecule has 108 valence electrons. The molecule has 7 heteroatoms. The van der Waals surface area contributed by atoms with E-state index in [-0.39, 0.29) is 6.54 Å². The SMILES string of the molecule is CCN(NC)C(=O)N(C(=O)NCC=O)c1ccccc1. The van der Waals surface area contributed by atoms with Gasteiger partial charge in [-0.3, -0.25) is 5.01 Å². The number of para-hydroxylation sites is 1. The average molecular weight is 278 g/mol. The lowest BCUT2D eigenvalue weighted by Gasteiger charge is -2.27. The van der Waals surface area contributed by atoms with Crippen molar-refractivity contribution in [2.24, 2.45) is 0 Å². The molecule has 0 aromatic heterocycles. The maximum absolute atomic E-state index is 12.4. The first-order valence-corrected chi connectivity index (χ1v) is 6.21. The Labute approximate surface area is 117 Å². The van der Waals surface area contributed by atoms with Gasteiger partial charge in [0.2, 0.25) is 0 Å². The summed E-state index contributed by atoms with van der Waals surface area (Å²) in [6.07, 6.45) is 0.557. The highest BCUT2D eigenvalue weighted by Gasteiger charge is 2.26. The first-order valence-electron chi connectivity index (χ1n) is 6.21. The first-order chi connectivity index (χ1) is 9.65. The third-order valence-corrected chi connectivity index (χ3v) is 2.56. The number of anilines is 1. The Hall–Kier alpha value is -2.41. The van der Waals surface area contributed by atoms with Crippen LogP contribution in [0.5, 0.6) is 0 Å². The molecule has 1 aromatic rings. The molecule has 0 aliphatic heterocycles. The summed E-state index contributed by atoms with van der Waals surface area (Å²) in [6, 6.07) is 7.33. The van der Waals surface area contributed by atoms with Gasteiger partial charge in [-0.05, 0) is 19.1 Å². The van der Waals surface area contributed by atoms with Crippen molar-refractivity contribution in [2.75, 3.05) is 25.0 Å². The summed E-state index contributed by atoms with van der Waals surface area (Å²) in [5.74, 6) is 0. The van der Waals surface area contributed by atoms with Crippen molar-refractivity contribution in [3.63, 3.8) is 0 Å². The molecule has 2 N–H and O–H groups in total. The third kappa shape index (κ3) is 3.79. The van der Waals surface area contributed by atoms with Crippen molar-refractivity contribution in [3.8, 4) is 0 Å². The zero-order valence-corrected chi connectivity index (χ0v) is 11.5. The Balaban J connectivity index is 3.04. The van der Waals surface area contributed by atoms with E-state index in [0.717, 1.165) is 4.90 Å². The van der Waals surface area contributed by atoms with Crippen LogP contribution in [0.1, 0.15) is 6.92 Å². The number of hydrazine groups is 1. The number of nitrogens with zero attached hydrogens (tertiary/aromatic N) is 2. The van der Waals surface area contributed by atoms with Crippen molar-refractivity contribution in [3.05, 3.63) is 30.3 Å². The van der Waals surface area contributed by atoms with E-state index in [9.17, 15) is 14.4 Å². The zero-order valence-electron chi connectivity index (χ0n) is 11.5. The van der Waals surface area contributed by atoms with E-state index >= 15 is 0 Å². The van der Waals surface area contributed by atoms with E-state index in [1.807, 2.05) is 0 Å². The number of hydrogen-bond donors (Lipinski definition) is 2. The van der Waals surface area contributed by atoms with Crippen LogP contribution in [0.15, 0.2) is 30.3 Å². The molecular formula is C13H18N4O3. The average Bonchev–Trinajstić information content (AvgIpc) is 2.47. The van der Waals surface area contributed by atoms with Crippen molar-refractivity contribution >= 4 is 24.0 Å². The molecule has 0 fully saturated rings. The summed E-state index contributed by atoms with van der Waals surface area (Å²) in [5.41, 5.74) is 3.13. The second-order valence-corrected chi connectivity index (χ2v) is 3.77. The Morgan fingerprint density at radius 2 is 1.90 bits per heavy atom. The molecule has 0 radical (unpaired) electrons. The van der Waals surface area contributed by atoms with Gasteiger partial charge in [0.15, 0.2) is 0 Å². The highest BCUT2D eigenvalue weighted by atomic mass is 16.2. The molecule has 1 aromatic carbocycles. The van der Waals surface area contributed by atoms with Gasteiger partial charge in [-0.1, -0.05) is 18.2 Å². The number of imide groups is 1. The van der Waals surface area contributed by atoms with Crippen LogP contribution >= 0.6 is 0 Å². The van der Waals surface area contributed by atoms with Crippen LogP contribution in [-0.2, 0) is 4.79 Å². The summed E-state index contributed by atoms with van der Waals surface area (Å²) in [6.45, 7) is 2.02. The number of hydrogen-bond acceptors (Lipinski definition) is 4. The predicted molar refractivity (Wildman–Crippen MR) is 75.2 cm³/mol. The molecule has 0 spiro atoms. The molecule has 20 heavy (non-hydrogen) atoms. The van der Waals surface area contributed by atoms with E-state index < -0.39 is 12.1 Å². The fraction of sp³-hybridized carbons (Fsp3) is 0.308. The minimum atomic E-state index is -0.651. The predicted octanol–water partition coefficient (Wildman–Crippen LogP) is 0.978. The van der Waals surface area contributed by atoms with Gasteiger partial charge in [0.1, 0.15) is 6.29 Å². The van der Waals surface area contributed by atoms with E-state index in [1.165, 1.54) is 5.01 Å². The number of aldehydes is 1. The molecule has 0 heterocycles. The molecule has 7 nitrogen and oxygen atoms in total. The molecule has 0 unspecified atom stereocenters. The summed E-state index contributed by atoms with van der Waals surface area (Å²) in [4.78, 5) is 35.7. The molecule has 0 aliphatic rings. The Kier molecular flexibility index (Phi) is 6.18. The fourth-order valence-electron chi connectivity index (χ4n) is 1.61. The van der Waals surface area contributed by atoms with Gasteiger partial charge in [0.05, 0.1) is 12.2 Å². The molecule has 0 bridgehead atoms. The number of carbonyl (C=O) groups is 3. The molecule has 0 aliphatic carbocycles. The Bertz CT molecular complexity index is 460. The van der Waals surface area contributed by atoms with Crippen molar-refractivity contribution in [1.29, 1.82) is 0 Å². The maximum atomic E-state index is 12.4. The summed E-state index contributed by atoms with van der Waals surface area (Å²) in [7, 11) is 1.59. The lowest BCUT2D eigenvalue weighted by molar-refractivity contribution is -0.107. The van der Waals surface area contributed by atoms with Gasteiger partial charge in [0, 0.05) is 13.6 Å². The summed E-state index contributed by atoms with van der Waals surface area (Å²) < 4.78 is 0. The molecule has 0 atom stereocenters. The second kappa shape index (κ2) is 7.90. The lowest BCUT2D eigenvalue weighted by Crippen LogP contribution is -2.54. The van der Waals surface area contributed by atoms with Gasteiger partial charge >= 0.3 is 12.1 Å². The number of carbonyl (C=O) groups excluding carboxylic acids is 3. The second-order valence-electron chi connectivity index (χ2n) is 3.77. The van der Waals surface area contributed by atoms with Crippen molar-refractivity contribution in [1.82, 2.24) is 15.8 Å². The van der Waals surface area contributed by atoms with E-state index in [0.29, 0.717) is 18.5 Å². The number of nitrogens with one attached hydrogen (secondary N) is 2. The maximum Gasteiger partial charge on any atom is 0.347 e. The van der Waals surface area contributed by atoms with Gasteiger partial charge in [-0.15, -0.1) is 0 Å². The number of benzene rings is 1. The van der Waals surface area contributed by atoms with Gasteiger partial charge in [0.25, 0.3) is 0 Å². The third-order valence-electron chi connectivity index (χ3n) is 2.56. The van der Waals surface area contributed by atoms with Crippen molar-refractivity contribution in [2.45, 2.75) is 6.92 Å². The quantitative estimate of drug-likeness (QED) is 0.621. The molecular weight excluding hydrogens is 260 g/mol. The number of urea groups is 2. The van der Waals surface area contributed by atoms with E-state index in [1.54, 1.807) is 44.3 Å². The van der Waals surface area contributed by atoms with Crippen LogP contribution in [0.25, 0.3) is 0 Å². The van der Waals surface area contributed by atoms with Gasteiger partial charge < -0.3 is 10.1 Å². The first kappa shape index (κ1) is 15.6. The topological polar surface area (TPSA) is 81.8 Å². The Morgan fingerprint density at radius 1 is 1.25 bits per heavy atom. The zero-order chi connectivity index (χ0) is 15.0. The lowest BCUT2D eigenvalue weighted by atomic mass is 10.3. The van der Waals surface area contributed by atoms with Crippen LogP contribution in [0.3, 0.4) is 0 Å². The Morgan fingerprint density at radius 3 is 2.40 bits per heavy atom. The summed E-state index contributed by atoms with van der Waals surface area (Å²) in [5, 5.41) is 3.64. The van der Waals surface area contributed by atoms with Crippen LogP contribution in [-0.4, -0.2) is 43.5 Å². The summed E-state index contributed by atoms with van der Waals surface area (Å²) >= 11 is 0. The molecule has 0 saturated carbocycles. The van der Waals surface area contributed by atoms with Gasteiger partial charge in [-0.25, -0.2) is 19.9 Å². The van der Waals surface area contributed by atoms with Crippen LogP contribution in [0.4, 0.5) is 15.3 Å². The smallest absolute Gasteiger partial charge is 0.330 e. The normalized spacial score (nSPS) is 9.70. The minimum Gasteiger partial charge on any atom is -0.330 e. The van der Waals surface area contributed by atoms with E-state index in [4.69, 9.17) is 0 Å². The van der Waals surface area contributed by atoms with Gasteiger partial charge in [-0.2, -0.15) is 0 Å². The number of rotatable bonds is 5. The molecule has 0 saturated heterocycles. The number of amides is 4. The monoisotopic (exact) mass is 278 g/mol. The van der Waals surface area contributed by atoms with Crippen LogP contribution in [0.2, 0.25) is 0 Å². The van der Waals surface area contributed by atoms with Crippen LogP contribution in [0, 0.1) is 0 Å². The standard InChI is InChI=1S/C13H18N4O3/c1-3-16(14-2)13(20)17(12(19)15-9-10-18)11-7-5-4-6-8-11/h4-8,10,14H,3,9H2,1-2H3,(H,15,19). The van der Waals surface area contributed by atoms with Crippen molar-refractivity contribution < 1.29 is 14.4 Å². The molecule has 1 rings (SSSR count). The van der Waals surface area contributed by atoms with E-state index in [2.05, 4.69) is 10.7 Å². The fourth-order valence-corrected chi connectivity index (χ4v) is 1.61. The minimum absolute atomic E-state index is 0.152. The highest BCUT2D eigenvalue weighted by molar-refractivity contribution is 6.13. The van der Waals surface area contributed by atoms with Crippen LogP contribution < -0.4 is 15.6 Å².